The summed E-state index contributed by atoms with van der Waals surface area (Å²) >= 11 is 1.55. The van der Waals surface area contributed by atoms with Crippen LogP contribution in [0.25, 0.3) is 0 Å². The van der Waals surface area contributed by atoms with Gasteiger partial charge in [0.05, 0.1) is 18.0 Å². The molecule has 1 aromatic heterocycles. The van der Waals surface area contributed by atoms with Gasteiger partial charge in [0, 0.05) is 10.9 Å². The van der Waals surface area contributed by atoms with Crippen molar-refractivity contribution in [2.45, 2.75) is 26.8 Å². The van der Waals surface area contributed by atoms with Gasteiger partial charge in [-0.1, -0.05) is 19.9 Å². The number of rotatable bonds is 7. The van der Waals surface area contributed by atoms with E-state index in [4.69, 9.17) is 9.47 Å². The molecule has 1 aliphatic heterocycles. The second kappa shape index (κ2) is 7.66. The fourth-order valence-corrected chi connectivity index (χ4v) is 5.11. The second-order valence-corrected chi connectivity index (χ2v) is 9.46. The summed E-state index contributed by atoms with van der Waals surface area (Å²) in [7, 11) is -3.43. The first-order valence-corrected chi connectivity index (χ1v) is 10.9. The molecule has 0 spiro atoms. The molecule has 0 amide bonds. The van der Waals surface area contributed by atoms with Gasteiger partial charge >= 0.3 is 0 Å². The normalized spacial score (nSPS) is 13.9. The summed E-state index contributed by atoms with van der Waals surface area (Å²) in [5, 5.41) is 1.96. The number of fused-ring (bicyclic) bond motifs is 1. The lowest BCUT2D eigenvalue weighted by Gasteiger charge is -2.26. The molecule has 25 heavy (non-hydrogen) atoms. The highest BCUT2D eigenvalue weighted by Crippen LogP contribution is 2.35. The first kappa shape index (κ1) is 18.1. The van der Waals surface area contributed by atoms with Crippen molar-refractivity contribution in [3.63, 3.8) is 0 Å². The molecule has 0 saturated carbocycles. The maximum absolute atomic E-state index is 13.0. The third-order valence-electron chi connectivity index (χ3n) is 3.98. The Balaban J connectivity index is 1.93. The molecule has 3 rings (SSSR count). The van der Waals surface area contributed by atoms with Crippen LogP contribution in [0.1, 0.15) is 25.1 Å². The van der Waals surface area contributed by atoms with E-state index in [9.17, 15) is 8.42 Å². The van der Waals surface area contributed by atoms with E-state index in [-0.39, 0.29) is 5.75 Å². The standard InChI is InChI=1S/C18H23NO4S2/c1-14(2)7-11-25(20,21)19(13-16-4-3-10-24-16)15-5-6-17-18(12-15)23-9-8-22-17/h3-6,10,12,14H,7-9,11,13H2,1-2H3. The van der Waals surface area contributed by atoms with E-state index in [0.29, 0.717) is 49.3 Å². The van der Waals surface area contributed by atoms with Crippen LogP contribution in [0.15, 0.2) is 35.7 Å². The SMILES string of the molecule is CC(C)CCS(=O)(=O)N(Cc1cccs1)c1ccc2c(c1)OCCO2. The molecule has 1 aromatic carbocycles. The van der Waals surface area contributed by atoms with E-state index >= 15 is 0 Å². The lowest BCUT2D eigenvalue weighted by molar-refractivity contribution is 0.171. The van der Waals surface area contributed by atoms with Crippen molar-refractivity contribution in [3.05, 3.63) is 40.6 Å². The lowest BCUT2D eigenvalue weighted by Crippen LogP contribution is -2.33. The van der Waals surface area contributed by atoms with Crippen LogP contribution in [-0.4, -0.2) is 27.4 Å². The van der Waals surface area contributed by atoms with Gasteiger partial charge in [0.2, 0.25) is 10.0 Å². The molecule has 0 radical (unpaired) electrons. The molecule has 0 fully saturated rings. The molecule has 5 nitrogen and oxygen atoms in total. The van der Waals surface area contributed by atoms with Crippen molar-refractivity contribution in [2.24, 2.45) is 5.92 Å². The van der Waals surface area contributed by atoms with Gasteiger partial charge in [-0.05, 0) is 35.9 Å². The first-order valence-electron chi connectivity index (χ1n) is 8.38. The van der Waals surface area contributed by atoms with Crippen LogP contribution in [0.4, 0.5) is 5.69 Å². The van der Waals surface area contributed by atoms with E-state index < -0.39 is 10.0 Å². The summed E-state index contributed by atoms with van der Waals surface area (Å²) in [4.78, 5) is 1.00. The van der Waals surface area contributed by atoms with Gasteiger partial charge in [-0.2, -0.15) is 0 Å². The summed E-state index contributed by atoms with van der Waals surface area (Å²) in [5.41, 5.74) is 0.612. The van der Waals surface area contributed by atoms with Crippen LogP contribution in [-0.2, 0) is 16.6 Å². The van der Waals surface area contributed by atoms with E-state index in [1.54, 1.807) is 29.5 Å². The number of thiophene rings is 1. The molecular formula is C18H23NO4S2. The van der Waals surface area contributed by atoms with Gasteiger partial charge in [0.1, 0.15) is 13.2 Å². The minimum atomic E-state index is -3.43. The van der Waals surface area contributed by atoms with Gasteiger partial charge in [0.25, 0.3) is 0 Å². The van der Waals surface area contributed by atoms with Gasteiger partial charge in [-0.25, -0.2) is 8.42 Å². The Hall–Kier alpha value is -1.73. The summed E-state index contributed by atoms with van der Waals surface area (Å²) in [6.45, 7) is 5.38. The zero-order valence-corrected chi connectivity index (χ0v) is 16.1. The van der Waals surface area contributed by atoms with Crippen molar-refractivity contribution >= 4 is 27.0 Å². The van der Waals surface area contributed by atoms with E-state index in [1.165, 1.54) is 4.31 Å². The summed E-state index contributed by atoms with van der Waals surface area (Å²) in [6.07, 6.45) is 0.633. The predicted molar refractivity (Wildman–Crippen MR) is 101 cm³/mol. The molecule has 7 heteroatoms. The highest BCUT2D eigenvalue weighted by molar-refractivity contribution is 7.92. The topological polar surface area (TPSA) is 55.8 Å². The van der Waals surface area contributed by atoms with E-state index in [1.807, 2.05) is 31.4 Å². The maximum atomic E-state index is 13.0. The third kappa shape index (κ3) is 4.46. The monoisotopic (exact) mass is 381 g/mol. The Morgan fingerprint density at radius 3 is 2.60 bits per heavy atom. The van der Waals surface area contributed by atoms with E-state index in [0.717, 1.165) is 4.88 Å². The number of anilines is 1. The summed E-state index contributed by atoms with van der Waals surface area (Å²) in [6, 6.07) is 9.21. The number of hydrogen-bond donors (Lipinski definition) is 0. The van der Waals surface area contributed by atoms with Crippen molar-refractivity contribution in [1.82, 2.24) is 0 Å². The van der Waals surface area contributed by atoms with Gasteiger partial charge < -0.3 is 9.47 Å². The molecule has 2 heterocycles. The number of hydrogen-bond acceptors (Lipinski definition) is 5. The zero-order chi connectivity index (χ0) is 17.9. The fraction of sp³-hybridized carbons (Fsp3) is 0.444. The summed E-state index contributed by atoms with van der Waals surface area (Å²) in [5.74, 6) is 1.72. The van der Waals surface area contributed by atoms with Gasteiger partial charge in [0.15, 0.2) is 11.5 Å². The lowest BCUT2D eigenvalue weighted by atomic mass is 10.2. The van der Waals surface area contributed by atoms with Gasteiger partial charge in [-0.15, -0.1) is 11.3 Å². The number of benzene rings is 1. The number of ether oxygens (including phenoxy) is 2. The smallest absolute Gasteiger partial charge is 0.235 e. The average molecular weight is 382 g/mol. The molecule has 0 saturated heterocycles. The molecule has 0 atom stereocenters. The molecule has 0 N–H and O–H groups in total. The Bertz CT molecular complexity index is 800. The maximum Gasteiger partial charge on any atom is 0.235 e. The van der Waals surface area contributed by atoms with Crippen molar-refractivity contribution in [3.8, 4) is 11.5 Å². The quantitative estimate of drug-likeness (QED) is 0.730. The number of nitrogens with zero attached hydrogens (tertiary/aromatic N) is 1. The molecule has 0 unspecified atom stereocenters. The molecule has 1 aliphatic rings. The summed E-state index contributed by atoms with van der Waals surface area (Å²) < 4.78 is 38.6. The minimum absolute atomic E-state index is 0.129. The molecule has 0 aliphatic carbocycles. The van der Waals surface area contributed by atoms with Gasteiger partial charge in [-0.3, -0.25) is 4.31 Å². The van der Waals surface area contributed by atoms with Crippen molar-refractivity contribution in [2.75, 3.05) is 23.3 Å². The van der Waals surface area contributed by atoms with Crippen LogP contribution in [0.2, 0.25) is 0 Å². The Morgan fingerprint density at radius 1 is 1.16 bits per heavy atom. The molecule has 136 valence electrons. The average Bonchev–Trinajstić information content (AvgIpc) is 3.11. The van der Waals surface area contributed by atoms with E-state index in [2.05, 4.69) is 0 Å². The minimum Gasteiger partial charge on any atom is -0.486 e. The first-order chi connectivity index (χ1) is 12.0. The van der Waals surface area contributed by atoms with Crippen LogP contribution in [0, 0.1) is 5.92 Å². The number of sulfonamides is 1. The second-order valence-electron chi connectivity index (χ2n) is 6.41. The van der Waals surface area contributed by atoms with Crippen LogP contribution < -0.4 is 13.8 Å². The Labute approximate surface area is 153 Å². The van der Waals surface area contributed by atoms with Crippen LogP contribution >= 0.6 is 11.3 Å². The van der Waals surface area contributed by atoms with Crippen LogP contribution in [0.5, 0.6) is 11.5 Å². The zero-order valence-electron chi connectivity index (χ0n) is 14.5. The third-order valence-corrected chi connectivity index (χ3v) is 6.61. The molecule has 2 aromatic rings. The van der Waals surface area contributed by atoms with Crippen molar-refractivity contribution in [1.29, 1.82) is 0 Å². The fourth-order valence-electron chi connectivity index (χ4n) is 2.58. The highest BCUT2D eigenvalue weighted by Gasteiger charge is 2.25. The Kier molecular flexibility index (Phi) is 5.54. The highest BCUT2D eigenvalue weighted by atomic mass is 32.2. The predicted octanol–water partition coefficient (Wildman–Crippen LogP) is 3.90. The van der Waals surface area contributed by atoms with Crippen molar-refractivity contribution < 1.29 is 17.9 Å². The largest absolute Gasteiger partial charge is 0.486 e. The van der Waals surface area contributed by atoms with Crippen LogP contribution in [0.3, 0.4) is 0 Å². The Morgan fingerprint density at radius 2 is 1.92 bits per heavy atom. The molecule has 0 bridgehead atoms. The molecular weight excluding hydrogens is 358 g/mol.